The van der Waals surface area contributed by atoms with Gasteiger partial charge in [0, 0.05) is 50.6 Å². The van der Waals surface area contributed by atoms with Crippen LogP contribution in [-0.4, -0.2) is 53.9 Å². The van der Waals surface area contributed by atoms with Gasteiger partial charge >= 0.3 is 0 Å². The number of rotatable bonds is 7. The Morgan fingerprint density at radius 3 is 2.24 bits per heavy atom. The van der Waals surface area contributed by atoms with E-state index in [0.717, 1.165) is 24.8 Å². The van der Waals surface area contributed by atoms with E-state index in [0.29, 0.717) is 51.1 Å². The molecule has 0 saturated carbocycles. The summed E-state index contributed by atoms with van der Waals surface area (Å²) in [5.74, 6) is 0.197. The minimum absolute atomic E-state index is 0.0453. The summed E-state index contributed by atoms with van der Waals surface area (Å²) in [5, 5.41) is 14.5. The first-order valence-electron chi connectivity index (χ1n) is 12.1. The molecule has 2 aromatic rings. The Bertz CT molecular complexity index is 997. The molecule has 2 aromatic carbocycles. The first kappa shape index (κ1) is 23.7. The van der Waals surface area contributed by atoms with Crippen molar-refractivity contribution in [1.82, 2.24) is 10.2 Å². The van der Waals surface area contributed by atoms with Gasteiger partial charge in [-0.15, -0.1) is 0 Å². The number of likely N-dealkylation sites (tertiary alicyclic amines) is 1. The number of amides is 2. The molecular weight excluding hydrogens is 432 g/mol. The normalized spacial score (nSPS) is 17.4. The van der Waals surface area contributed by atoms with Crippen LogP contribution in [0.3, 0.4) is 0 Å². The molecule has 0 aromatic heterocycles. The summed E-state index contributed by atoms with van der Waals surface area (Å²) in [6.07, 6.45) is 4.15. The predicted octanol–water partition coefficient (Wildman–Crippen LogP) is 3.55. The highest BCUT2D eigenvalue weighted by Crippen LogP contribution is 2.32. The van der Waals surface area contributed by atoms with Crippen LogP contribution in [0.4, 0.5) is 11.4 Å². The Labute approximate surface area is 200 Å². The summed E-state index contributed by atoms with van der Waals surface area (Å²) >= 11 is 0. The Kier molecular flexibility index (Phi) is 7.77. The van der Waals surface area contributed by atoms with Crippen molar-refractivity contribution >= 4 is 23.2 Å². The van der Waals surface area contributed by atoms with Gasteiger partial charge in [0.15, 0.2) is 0 Å². The van der Waals surface area contributed by atoms with Crippen LogP contribution in [-0.2, 0) is 16.0 Å². The first-order valence-corrected chi connectivity index (χ1v) is 12.1. The number of benzene rings is 2. The second-order valence-electron chi connectivity index (χ2n) is 9.16. The van der Waals surface area contributed by atoms with Crippen LogP contribution >= 0.6 is 0 Å². The van der Waals surface area contributed by atoms with Gasteiger partial charge in [0.25, 0.3) is 5.69 Å². The van der Waals surface area contributed by atoms with Gasteiger partial charge in [0.05, 0.1) is 4.92 Å². The highest BCUT2D eigenvalue weighted by atomic mass is 16.6. The molecule has 0 unspecified atom stereocenters. The number of nitro groups is 1. The largest absolute Gasteiger partial charge is 0.366 e. The van der Waals surface area contributed by atoms with Gasteiger partial charge in [-0.3, -0.25) is 19.7 Å². The van der Waals surface area contributed by atoms with E-state index in [1.54, 1.807) is 12.1 Å². The van der Waals surface area contributed by atoms with Gasteiger partial charge in [0.2, 0.25) is 11.8 Å². The van der Waals surface area contributed by atoms with Gasteiger partial charge < -0.3 is 15.1 Å². The van der Waals surface area contributed by atoms with Gasteiger partial charge in [-0.1, -0.05) is 42.5 Å². The molecule has 0 radical (unpaired) electrons. The Morgan fingerprint density at radius 1 is 0.912 bits per heavy atom. The topological polar surface area (TPSA) is 95.8 Å². The zero-order valence-electron chi connectivity index (χ0n) is 19.4. The number of aryl methyl sites for hydroxylation is 1. The molecule has 8 nitrogen and oxygen atoms in total. The fourth-order valence-corrected chi connectivity index (χ4v) is 4.96. The zero-order valence-corrected chi connectivity index (χ0v) is 19.4. The Hall–Kier alpha value is -3.42. The first-order chi connectivity index (χ1) is 16.5. The van der Waals surface area contributed by atoms with Crippen LogP contribution in [0.1, 0.15) is 37.7 Å². The average Bonchev–Trinajstić information content (AvgIpc) is 2.88. The molecule has 2 fully saturated rings. The third-order valence-electron chi connectivity index (χ3n) is 6.92. The summed E-state index contributed by atoms with van der Waals surface area (Å²) in [5.41, 5.74) is 1.90. The zero-order chi connectivity index (χ0) is 23.9. The fourth-order valence-electron chi connectivity index (χ4n) is 4.96. The van der Waals surface area contributed by atoms with E-state index < -0.39 is 0 Å². The van der Waals surface area contributed by atoms with Crippen LogP contribution in [0.15, 0.2) is 54.6 Å². The van der Waals surface area contributed by atoms with E-state index in [1.807, 2.05) is 46.2 Å². The monoisotopic (exact) mass is 464 g/mol. The Balaban J connectivity index is 1.20. The highest BCUT2D eigenvalue weighted by molar-refractivity contribution is 5.80. The third kappa shape index (κ3) is 5.92. The minimum Gasteiger partial charge on any atom is -0.366 e. The number of nitro benzene ring substituents is 1. The van der Waals surface area contributed by atoms with Crippen LogP contribution in [0.25, 0.3) is 0 Å². The standard InChI is InChI=1S/C26H32N4O4/c31-25(11-10-20-6-2-1-3-7-20)27-22-14-18-29(19-15-22)26(32)21-12-16-28(17-13-21)23-8-4-5-9-24(23)30(33)34/h1-9,21-22H,10-19H2,(H,27,31). The number of nitrogens with zero attached hydrogens (tertiary/aromatic N) is 3. The number of hydrogen-bond donors (Lipinski definition) is 1. The summed E-state index contributed by atoms with van der Waals surface area (Å²) in [4.78, 5) is 40.3. The van der Waals surface area contributed by atoms with Gasteiger partial charge in [-0.25, -0.2) is 0 Å². The molecular formula is C26H32N4O4. The Morgan fingerprint density at radius 2 is 1.56 bits per heavy atom. The summed E-state index contributed by atoms with van der Waals surface area (Å²) in [6, 6.07) is 16.9. The maximum absolute atomic E-state index is 13.1. The smallest absolute Gasteiger partial charge is 0.292 e. The molecule has 0 bridgehead atoms. The number of hydrogen-bond acceptors (Lipinski definition) is 5. The van der Waals surface area contributed by atoms with E-state index in [1.165, 1.54) is 6.07 Å². The molecule has 180 valence electrons. The quantitative estimate of drug-likeness (QED) is 0.499. The molecule has 8 heteroatoms. The predicted molar refractivity (Wildman–Crippen MR) is 131 cm³/mol. The lowest BCUT2D eigenvalue weighted by Gasteiger charge is -2.38. The summed E-state index contributed by atoms with van der Waals surface area (Å²) in [6.45, 7) is 2.59. The lowest BCUT2D eigenvalue weighted by Crippen LogP contribution is -2.49. The number of carbonyl (C=O) groups is 2. The van der Waals surface area contributed by atoms with E-state index >= 15 is 0 Å². The molecule has 2 amide bonds. The van der Waals surface area contributed by atoms with Crippen molar-refractivity contribution in [3.05, 3.63) is 70.3 Å². The fraction of sp³-hybridized carbons (Fsp3) is 0.462. The summed E-state index contributed by atoms with van der Waals surface area (Å²) < 4.78 is 0. The number of nitrogens with one attached hydrogen (secondary N) is 1. The van der Waals surface area contributed by atoms with E-state index in [-0.39, 0.29) is 34.4 Å². The van der Waals surface area contributed by atoms with Crippen molar-refractivity contribution in [2.45, 2.75) is 44.6 Å². The van der Waals surface area contributed by atoms with Crippen molar-refractivity contribution in [3.8, 4) is 0 Å². The van der Waals surface area contributed by atoms with Crippen LogP contribution in [0.5, 0.6) is 0 Å². The van der Waals surface area contributed by atoms with Crippen LogP contribution in [0, 0.1) is 16.0 Å². The van der Waals surface area contributed by atoms with Gasteiger partial charge in [-0.05, 0) is 43.7 Å². The summed E-state index contributed by atoms with van der Waals surface area (Å²) in [7, 11) is 0. The number of carbonyl (C=O) groups excluding carboxylic acids is 2. The SMILES string of the molecule is O=C(CCc1ccccc1)NC1CCN(C(=O)C2CCN(c3ccccc3[N+](=O)[O-])CC2)CC1. The minimum atomic E-state index is -0.350. The maximum Gasteiger partial charge on any atom is 0.292 e. The van der Waals surface area contributed by atoms with Crippen LogP contribution < -0.4 is 10.2 Å². The number of piperidine rings is 2. The van der Waals surface area contributed by atoms with Crippen LogP contribution in [0.2, 0.25) is 0 Å². The maximum atomic E-state index is 13.1. The second-order valence-corrected chi connectivity index (χ2v) is 9.16. The number of anilines is 1. The van der Waals surface area contributed by atoms with Crippen molar-refractivity contribution in [2.75, 3.05) is 31.1 Å². The lowest BCUT2D eigenvalue weighted by molar-refractivity contribution is -0.384. The molecule has 0 atom stereocenters. The molecule has 2 heterocycles. The molecule has 2 aliphatic rings. The molecule has 34 heavy (non-hydrogen) atoms. The molecule has 0 aliphatic carbocycles. The molecule has 2 aliphatic heterocycles. The number of para-hydroxylation sites is 2. The van der Waals surface area contributed by atoms with E-state index in [2.05, 4.69) is 5.32 Å². The van der Waals surface area contributed by atoms with E-state index in [9.17, 15) is 19.7 Å². The molecule has 1 N–H and O–H groups in total. The highest BCUT2D eigenvalue weighted by Gasteiger charge is 2.32. The third-order valence-corrected chi connectivity index (χ3v) is 6.92. The average molecular weight is 465 g/mol. The van der Waals surface area contributed by atoms with E-state index in [4.69, 9.17) is 0 Å². The van der Waals surface area contributed by atoms with Crippen molar-refractivity contribution in [3.63, 3.8) is 0 Å². The molecule has 2 saturated heterocycles. The molecule has 0 spiro atoms. The lowest BCUT2D eigenvalue weighted by atomic mass is 9.93. The molecule has 4 rings (SSSR count). The second kappa shape index (κ2) is 11.1. The van der Waals surface area contributed by atoms with Gasteiger partial charge in [0.1, 0.15) is 5.69 Å². The van der Waals surface area contributed by atoms with Crippen molar-refractivity contribution in [1.29, 1.82) is 0 Å². The van der Waals surface area contributed by atoms with Gasteiger partial charge in [-0.2, -0.15) is 0 Å². The van der Waals surface area contributed by atoms with Crippen molar-refractivity contribution in [2.24, 2.45) is 5.92 Å². The van der Waals surface area contributed by atoms with Crippen molar-refractivity contribution < 1.29 is 14.5 Å².